The maximum absolute atomic E-state index is 8.92. The van der Waals surface area contributed by atoms with Crippen molar-refractivity contribution in [1.29, 1.82) is 5.26 Å². The number of ether oxygens (including phenoxy) is 1. The number of aliphatic hydroxyl groups excluding tert-OH is 1. The number of hydrogen-bond acceptors (Lipinski definition) is 4. The summed E-state index contributed by atoms with van der Waals surface area (Å²) >= 11 is 0. The third-order valence-corrected chi connectivity index (χ3v) is 2.74. The summed E-state index contributed by atoms with van der Waals surface area (Å²) in [7, 11) is 0. The topological polar surface area (TPSA) is 65.3 Å². The number of hydrogen-bond donors (Lipinski definition) is 2. The van der Waals surface area contributed by atoms with Crippen LogP contribution in [0, 0.1) is 11.3 Å². The number of rotatable bonds is 2. The van der Waals surface area contributed by atoms with Crippen LogP contribution in [0.4, 0.5) is 5.69 Å². The van der Waals surface area contributed by atoms with Crippen LogP contribution in [0.15, 0.2) is 18.2 Å². The first-order valence-electron chi connectivity index (χ1n) is 5.33. The first kappa shape index (κ1) is 10.8. The van der Waals surface area contributed by atoms with E-state index in [1.165, 1.54) is 0 Å². The molecule has 0 radical (unpaired) electrons. The average molecular weight is 218 g/mol. The van der Waals surface area contributed by atoms with Crippen LogP contribution in [0.3, 0.4) is 0 Å². The Hall–Kier alpha value is -1.73. The summed E-state index contributed by atoms with van der Waals surface area (Å²) < 4.78 is 5.75. The highest BCUT2D eigenvalue weighted by molar-refractivity contribution is 5.61. The lowest BCUT2D eigenvalue weighted by Gasteiger charge is -2.32. The van der Waals surface area contributed by atoms with E-state index in [9.17, 15) is 0 Å². The largest absolute Gasteiger partial charge is 0.486 e. The standard InChI is InChI=1S/C12H14N2O2/c1-8-11(4-5-15)16-12-6-9(7-13)2-3-10(12)14-8/h2-3,6,8,11,14-15H,4-5H2,1H3. The molecule has 16 heavy (non-hydrogen) atoms. The zero-order valence-corrected chi connectivity index (χ0v) is 9.10. The van der Waals surface area contributed by atoms with Gasteiger partial charge in [-0.1, -0.05) is 0 Å². The lowest BCUT2D eigenvalue weighted by Crippen LogP contribution is -2.39. The van der Waals surface area contributed by atoms with Crippen LogP contribution < -0.4 is 10.1 Å². The number of benzene rings is 1. The first-order chi connectivity index (χ1) is 7.74. The molecule has 1 aliphatic heterocycles. The maximum Gasteiger partial charge on any atom is 0.144 e. The van der Waals surface area contributed by atoms with Crippen LogP contribution in [-0.4, -0.2) is 23.9 Å². The van der Waals surface area contributed by atoms with Crippen molar-refractivity contribution in [1.82, 2.24) is 0 Å². The van der Waals surface area contributed by atoms with E-state index in [1.54, 1.807) is 12.1 Å². The molecule has 0 bridgehead atoms. The predicted molar refractivity (Wildman–Crippen MR) is 60.4 cm³/mol. The van der Waals surface area contributed by atoms with Crippen LogP contribution in [0.25, 0.3) is 0 Å². The molecule has 1 aromatic rings. The quantitative estimate of drug-likeness (QED) is 0.789. The van der Waals surface area contributed by atoms with Crippen LogP contribution in [0.5, 0.6) is 5.75 Å². The number of anilines is 1. The molecule has 4 heteroatoms. The average Bonchev–Trinajstić information content (AvgIpc) is 2.30. The molecular formula is C12H14N2O2. The van der Waals surface area contributed by atoms with Gasteiger partial charge in [0.25, 0.3) is 0 Å². The molecule has 2 atom stereocenters. The molecule has 2 rings (SSSR count). The molecule has 2 N–H and O–H groups in total. The molecule has 2 unspecified atom stereocenters. The second-order valence-electron chi connectivity index (χ2n) is 3.92. The van der Waals surface area contributed by atoms with E-state index in [1.807, 2.05) is 13.0 Å². The third kappa shape index (κ3) is 1.95. The normalized spacial score (nSPS) is 22.6. The highest BCUT2D eigenvalue weighted by Crippen LogP contribution is 2.32. The van der Waals surface area contributed by atoms with Gasteiger partial charge in [0.05, 0.1) is 23.4 Å². The molecule has 0 aromatic heterocycles. The molecule has 0 saturated heterocycles. The van der Waals surface area contributed by atoms with E-state index in [0.29, 0.717) is 17.7 Å². The Morgan fingerprint density at radius 1 is 1.56 bits per heavy atom. The number of nitrogens with zero attached hydrogens (tertiary/aromatic N) is 1. The molecular weight excluding hydrogens is 204 g/mol. The smallest absolute Gasteiger partial charge is 0.144 e. The fourth-order valence-corrected chi connectivity index (χ4v) is 1.85. The second-order valence-corrected chi connectivity index (χ2v) is 3.92. The Labute approximate surface area is 94.5 Å². The molecule has 0 amide bonds. The van der Waals surface area contributed by atoms with Crippen molar-refractivity contribution >= 4 is 5.69 Å². The van der Waals surface area contributed by atoms with E-state index >= 15 is 0 Å². The molecule has 0 saturated carbocycles. The number of fused-ring (bicyclic) bond motifs is 1. The Morgan fingerprint density at radius 3 is 3.06 bits per heavy atom. The summed E-state index contributed by atoms with van der Waals surface area (Å²) in [5, 5.41) is 21.0. The van der Waals surface area contributed by atoms with Gasteiger partial charge in [-0.15, -0.1) is 0 Å². The molecule has 0 aliphatic carbocycles. The van der Waals surface area contributed by atoms with Crippen LogP contribution in [-0.2, 0) is 0 Å². The predicted octanol–water partition coefficient (Wildman–Crippen LogP) is 1.50. The number of nitriles is 1. The summed E-state index contributed by atoms with van der Waals surface area (Å²) in [6.07, 6.45) is 0.538. The van der Waals surface area contributed by atoms with Crippen molar-refractivity contribution in [3.05, 3.63) is 23.8 Å². The second kappa shape index (κ2) is 4.42. The van der Waals surface area contributed by atoms with Crippen LogP contribution in [0.1, 0.15) is 18.9 Å². The molecule has 1 heterocycles. The fourth-order valence-electron chi connectivity index (χ4n) is 1.85. The van der Waals surface area contributed by atoms with Crippen molar-refractivity contribution in [3.8, 4) is 11.8 Å². The highest BCUT2D eigenvalue weighted by Gasteiger charge is 2.25. The van der Waals surface area contributed by atoms with E-state index in [2.05, 4.69) is 11.4 Å². The van der Waals surface area contributed by atoms with Gasteiger partial charge in [0.1, 0.15) is 11.9 Å². The van der Waals surface area contributed by atoms with Crippen molar-refractivity contribution in [3.63, 3.8) is 0 Å². The van der Waals surface area contributed by atoms with Gasteiger partial charge in [0, 0.05) is 19.1 Å². The molecule has 4 nitrogen and oxygen atoms in total. The minimum Gasteiger partial charge on any atom is -0.486 e. The van der Waals surface area contributed by atoms with Crippen LogP contribution in [0.2, 0.25) is 0 Å². The van der Waals surface area contributed by atoms with Crippen LogP contribution >= 0.6 is 0 Å². The molecule has 0 spiro atoms. The van der Waals surface area contributed by atoms with Crippen molar-refractivity contribution in [2.24, 2.45) is 0 Å². The summed E-state index contributed by atoms with van der Waals surface area (Å²) in [5.74, 6) is 0.690. The summed E-state index contributed by atoms with van der Waals surface area (Å²) in [6, 6.07) is 7.56. The van der Waals surface area contributed by atoms with Gasteiger partial charge >= 0.3 is 0 Å². The van der Waals surface area contributed by atoms with Crippen molar-refractivity contribution in [2.75, 3.05) is 11.9 Å². The van der Waals surface area contributed by atoms with E-state index in [0.717, 1.165) is 5.69 Å². The monoisotopic (exact) mass is 218 g/mol. The molecule has 0 fully saturated rings. The highest BCUT2D eigenvalue weighted by atomic mass is 16.5. The minimum absolute atomic E-state index is 0.0496. The van der Waals surface area contributed by atoms with Gasteiger partial charge in [-0.2, -0.15) is 5.26 Å². The van der Waals surface area contributed by atoms with Crippen molar-refractivity contribution in [2.45, 2.75) is 25.5 Å². The molecule has 84 valence electrons. The lowest BCUT2D eigenvalue weighted by atomic mass is 10.1. The van der Waals surface area contributed by atoms with E-state index in [4.69, 9.17) is 15.1 Å². The van der Waals surface area contributed by atoms with Gasteiger partial charge in [-0.05, 0) is 19.1 Å². The van der Waals surface area contributed by atoms with Crippen molar-refractivity contribution < 1.29 is 9.84 Å². The van der Waals surface area contributed by atoms with Gasteiger partial charge in [-0.25, -0.2) is 0 Å². The molecule has 1 aliphatic rings. The van der Waals surface area contributed by atoms with Gasteiger partial charge in [-0.3, -0.25) is 0 Å². The summed E-state index contributed by atoms with van der Waals surface area (Å²) in [4.78, 5) is 0. The Bertz CT molecular complexity index is 426. The molecule has 1 aromatic carbocycles. The zero-order chi connectivity index (χ0) is 11.5. The summed E-state index contributed by atoms with van der Waals surface area (Å²) in [6.45, 7) is 2.12. The third-order valence-electron chi connectivity index (χ3n) is 2.74. The number of aliphatic hydroxyl groups is 1. The van der Waals surface area contributed by atoms with E-state index < -0.39 is 0 Å². The Balaban J connectivity index is 2.26. The fraction of sp³-hybridized carbons (Fsp3) is 0.417. The zero-order valence-electron chi connectivity index (χ0n) is 9.10. The Morgan fingerprint density at radius 2 is 2.38 bits per heavy atom. The van der Waals surface area contributed by atoms with Gasteiger partial charge in [0.2, 0.25) is 0 Å². The van der Waals surface area contributed by atoms with Gasteiger partial charge in [0.15, 0.2) is 0 Å². The lowest BCUT2D eigenvalue weighted by molar-refractivity contribution is 0.134. The minimum atomic E-state index is -0.0496. The Kier molecular flexibility index (Phi) is 2.97. The van der Waals surface area contributed by atoms with E-state index in [-0.39, 0.29) is 18.8 Å². The van der Waals surface area contributed by atoms with Gasteiger partial charge < -0.3 is 15.2 Å². The number of nitrogens with one attached hydrogen (secondary N) is 1. The summed E-state index contributed by atoms with van der Waals surface area (Å²) in [5.41, 5.74) is 1.48. The first-order valence-corrected chi connectivity index (χ1v) is 5.33. The maximum atomic E-state index is 8.92. The SMILES string of the molecule is CC1Nc2ccc(C#N)cc2OC1CCO.